The first-order valence-corrected chi connectivity index (χ1v) is 9.77. The lowest BCUT2D eigenvalue weighted by Crippen LogP contribution is -2.43. The van der Waals surface area contributed by atoms with Crippen molar-refractivity contribution >= 4 is 7.82 Å². The highest BCUT2D eigenvalue weighted by atomic mass is 31.2. The van der Waals surface area contributed by atoms with Crippen molar-refractivity contribution in [3.8, 4) is 0 Å². The number of hydrogen-bond acceptors (Lipinski definition) is 3. The number of unbranched alkanes of at least 4 members (excludes halogenated alkanes) is 8. The van der Waals surface area contributed by atoms with Crippen molar-refractivity contribution in [2.75, 3.05) is 33.8 Å². The highest BCUT2D eigenvalue weighted by Crippen LogP contribution is 2.29. The fourth-order valence-electron chi connectivity index (χ4n) is 2.37. The highest BCUT2D eigenvalue weighted by Gasteiger charge is 2.15. The van der Waals surface area contributed by atoms with E-state index in [0.717, 1.165) is 17.4 Å². The van der Waals surface area contributed by atoms with Gasteiger partial charge < -0.3 is 18.8 Å². The SMILES string of the molecule is CCCCCCCCCCC[N+](C)(C)CCOP(=O)([O-])O. The molecule has 0 bridgehead atoms. The molecule has 1 N–H and O–H groups in total. The van der Waals surface area contributed by atoms with E-state index in [9.17, 15) is 9.46 Å². The van der Waals surface area contributed by atoms with Crippen LogP contribution in [-0.2, 0) is 9.09 Å². The molecule has 6 heteroatoms. The Morgan fingerprint density at radius 1 is 0.952 bits per heavy atom. The zero-order valence-corrected chi connectivity index (χ0v) is 14.9. The largest absolute Gasteiger partial charge is 0.756 e. The average molecular weight is 323 g/mol. The Morgan fingerprint density at radius 2 is 1.43 bits per heavy atom. The van der Waals surface area contributed by atoms with Crippen molar-refractivity contribution < 1.29 is 23.4 Å². The number of hydrogen-bond donors (Lipinski definition) is 1. The summed E-state index contributed by atoms with van der Waals surface area (Å²) in [5.41, 5.74) is 0. The summed E-state index contributed by atoms with van der Waals surface area (Å²) in [6.45, 7) is 3.88. The van der Waals surface area contributed by atoms with Gasteiger partial charge in [0.15, 0.2) is 0 Å². The number of phosphoric ester groups is 1. The first kappa shape index (κ1) is 21.1. The minimum atomic E-state index is -4.56. The third-order valence-corrected chi connectivity index (χ3v) is 4.33. The maximum Gasteiger partial charge on any atom is 0.265 e. The van der Waals surface area contributed by atoms with E-state index in [0.29, 0.717) is 6.54 Å². The van der Waals surface area contributed by atoms with Crippen molar-refractivity contribution in [2.24, 2.45) is 0 Å². The summed E-state index contributed by atoms with van der Waals surface area (Å²) >= 11 is 0. The molecule has 0 aliphatic rings. The minimum Gasteiger partial charge on any atom is -0.756 e. The Morgan fingerprint density at radius 3 is 1.90 bits per heavy atom. The van der Waals surface area contributed by atoms with Gasteiger partial charge in [-0.2, -0.15) is 0 Å². The number of nitrogens with zero attached hydrogens (tertiary/aromatic N) is 1. The van der Waals surface area contributed by atoms with Crippen LogP contribution in [0, 0.1) is 0 Å². The van der Waals surface area contributed by atoms with E-state index in [1.165, 1.54) is 51.4 Å². The van der Waals surface area contributed by atoms with Gasteiger partial charge in [-0.3, -0.25) is 4.57 Å². The van der Waals surface area contributed by atoms with E-state index in [2.05, 4.69) is 25.5 Å². The van der Waals surface area contributed by atoms with Gasteiger partial charge in [0.25, 0.3) is 7.82 Å². The molecule has 0 aliphatic carbocycles. The van der Waals surface area contributed by atoms with E-state index in [1.54, 1.807) is 0 Å². The number of phosphoric acid groups is 1. The summed E-state index contributed by atoms with van der Waals surface area (Å²) in [7, 11) is -0.451. The molecule has 0 fully saturated rings. The van der Waals surface area contributed by atoms with Crippen LogP contribution in [0.5, 0.6) is 0 Å². The molecule has 21 heavy (non-hydrogen) atoms. The molecular weight excluding hydrogens is 289 g/mol. The van der Waals surface area contributed by atoms with Gasteiger partial charge in [-0.1, -0.05) is 51.9 Å². The van der Waals surface area contributed by atoms with E-state index >= 15 is 0 Å². The second-order valence-electron chi connectivity index (χ2n) is 6.51. The second kappa shape index (κ2) is 11.6. The summed E-state index contributed by atoms with van der Waals surface area (Å²) in [5.74, 6) is 0. The lowest BCUT2D eigenvalue weighted by atomic mass is 10.1. The van der Waals surface area contributed by atoms with Crippen molar-refractivity contribution in [1.82, 2.24) is 0 Å². The fraction of sp³-hybridized carbons (Fsp3) is 1.00. The molecule has 0 heterocycles. The summed E-state index contributed by atoms with van der Waals surface area (Å²) in [6.07, 6.45) is 11.7. The molecule has 128 valence electrons. The van der Waals surface area contributed by atoms with Gasteiger partial charge >= 0.3 is 0 Å². The summed E-state index contributed by atoms with van der Waals surface area (Å²) in [4.78, 5) is 19.0. The average Bonchev–Trinajstić information content (AvgIpc) is 2.35. The first-order valence-electron chi connectivity index (χ1n) is 8.27. The predicted octanol–water partition coefficient (Wildman–Crippen LogP) is 3.07. The molecule has 0 aliphatic heterocycles. The molecule has 0 aromatic rings. The molecular formula is C15H34NO4P. The summed E-state index contributed by atoms with van der Waals surface area (Å²) in [6, 6.07) is 0. The van der Waals surface area contributed by atoms with E-state index in [1.807, 2.05) is 0 Å². The fourth-order valence-corrected chi connectivity index (χ4v) is 2.68. The normalized spacial score (nSPS) is 15.1. The molecule has 0 aromatic carbocycles. The molecule has 0 radical (unpaired) electrons. The Bertz CT molecular complexity index is 291. The van der Waals surface area contributed by atoms with Crippen LogP contribution in [-0.4, -0.2) is 43.2 Å². The zero-order valence-electron chi connectivity index (χ0n) is 14.1. The Balaban J connectivity index is 3.46. The molecule has 0 spiro atoms. The first-order chi connectivity index (χ1) is 9.77. The molecule has 5 nitrogen and oxygen atoms in total. The van der Waals surface area contributed by atoms with Gasteiger partial charge in [0, 0.05) is 0 Å². The minimum absolute atomic E-state index is 0.0434. The molecule has 0 amide bonds. The molecule has 1 unspecified atom stereocenters. The van der Waals surface area contributed by atoms with Crippen LogP contribution < -0.4 is 4.89 Å². The third kappa shape index (κ3) is 16.3. The third-order valence-electron chi connectivity index (χ3n) is 3.82. The lowest BCUT2D eigenvalue weighted by molar-refractivity contribution is -0.890. The smallest absolute Gasteiger partial charge is 0.265 e. The van der Waals surface area contributed by atoms with Crippen molar-refractivity contribution in [1.29, 1.82) is 0 Å². The molecule has 0 saturated heterocycles. The lowest BCUT2D eigenvalue weighted by Gasteiger charge is -2.30. The molecule has 0 aromatic heterocycles. The quantitative estimate of drug-likeness (QED) is 0.303. The van der Waals surface area contributed by atoms with Crippen molar-refractivity contribution in [3.05, 3.63) is 0 Å². The highest BCUT2D eigenvalue weighted by molar-refractivity contribution is 7.44. The van der Waals surface area contributed by atoms with E-state index < -0.39 is 7.82 Å². The van der Waals surface area contributed by atoms with Crippen LogP contribution in [0.4, 0.5) is 0 Å². The maximum absolute atomic E-state index is 10.5. The molecule has 0 saturated carbocycles. The summed E-state index contributed by atoms with van der Waals surface area (Å²) < 4.78 is 15.6. The van der Waals surface area contributed by atoms with Crippen LogP contribution in [0.2, 0.25) is 0 Å². The van der Waals surface area contributed by atoms with Gasteiger partial charge in [-0.25, -0.2) is 0 Å². The Labute approximate surface area is 130 Å². The van der Waals surface area contributed by atoms with Crippen LogP contribution in [0.15, 0.2) is 0 Å². The van der Waals surface area contributed by atoms with Crippen LogP contribution >= 0.6 is 7.82 Å². The number of likely N-dealkylation sites (N-methyl/N-ethyl adjacent to an activating group) is 1. The standard InChI is InChI=1S/C15H34NO4P/c1-4-5-6-7-8-9-10-11-12-13-16(2,3)14-15-20-21(17,18)19/h4-15H2,1-3H3,(H-,17,18,19). The van der Waals surface area contributed by atoms with E-state index in [4.69, 9.17) is 4.89 Å². The Hall–Kier alpha value is 0.0700. The number of rotatable bonds is 14. The van der Waals surface area contributed by atoms with Gasteiger partial charge in [0.1, 0.15) is 13.2 Å². The molecule has 0 rings (SSSR count). The Kier molecular flexibility index (Phi) is 11.7. The van der Waals surface area contributed by atoms with Crippen LogP contribution in [0.3, 0.4) is 0 Å². The zero-order chi connectivity index (χ0) is 16.2. The van der Waals surface area contributed by atoms with Crippen molar-refractivity contribution in [3.63, 3.8) is 0 Å². The van der Waals surface area contributed by atoms with Crippen LogP contribution in [0.1, 0.15) is 64.7 Å². The number of quaternary nitrogens is 1. The monoisotopic (exact) mass is 323 g/mol. The topological polar surface area (TPSA) is 69.6 Å². The van der Waals surface area contributed by atoms with E-state index in [-0.39, 0.29) is 6.61 Å². The van der Waals surface area contributed by atoms with Crippen LogP contribution in [0.25, 0.3) is 0 Å². The van der Waals surface area contributed by atoms with Gasteiger partial charge in [0.2, 0.25) is 0 Å². The molecule has 1 atom stereocenters. The van der Waals surface area contributed by atoms with Gasteiger partial charge in [-0.15, -0.1) is 0 Å². The second-order valence-corrected chi connectivity index (χ2v) is 7.71. The predicted molar refractivity (Wildman–Crippen MR) is 84.8 cm³/mol. The van der Waals surface area contributed by atoms with Gasteiger partial charge in [-0.05, 0) is 12.8 Å². The summed E-state index contributed by atoms with van der Waals surface area (Å²) in [5, 5.41) is 0. The van der Waals surface area contributed by atoms with Gasteiger partial charge in [0.05, 0.1) is 20.6 Å². The van der Waals surface area contributed by atoms with Crippen molar-refractivity contribution in [2.45, 2.75) is 64.7 Å². The maximum atomic E-state index is 10.5.